The molecule has 4 fully saturated rings. The molecule has 6 heterocycles. The fraction of sp³-hybridized carbons (Fsp3) is 0.476. The second-order valence-corrected chi connectivity index (χ2v) is 8.23. The molecule has 0 saturated carbocycles. The Labute approximate surface area is 153 Å². The fourth-order valence-electron chi connectivity index (χ4n) is 5.42. The lowest BCUT2D eigenvalue weighted by Crippen LogP contribution is -2.49. The van der Waals surface area contributed by atoms with Crippen LogP contribution in [0.4, 0.5) is 5.69 Å². The molecule has 4 atom stereocenters. The Morgan fingerprint density at radius 1 is 0.846 bits per heavy atom. The Bertz CT molecular complexity index is 841. The molecular weight excluding hydrogens is 326 g/mol. The van der Waals surface area contributed by atoms with Gasteiger partial charge in [-0.2, -0.15) is 0 Å². The van der Waals surface area contributed by atoms with E-state index >= 15 is 0 Å². The third-order valence-corrected chi connectivity index (χ3v) is 6.43. The zero-order valence-corrected chi connectivity index (χ0v) is 14.8. The summed E-state index contributed by atoms with van der Waals surface area (Å²) in [6.45, 7) is 5.28. The lowest BCUT2D eigenvalue weighted by Gasteiger charge is -2.41. The normalized spacial score (nSPS) is 31.3. The molecule has 4 bridgehead atoms. The Morgan fingerprint density at radius 3 is 2.73 bits per heavy atom. The molecule has 5 aliphatic rings. The average Bonchev–Trinajstić information content (AvgIpc) is 3.04. The molecule has 1 aromatic heterocycles. The second-order valence-electron chi connectivity index (χ2n) is 8.23. The van der Waals surface area contributed by atoms with Crippen LogP contribution in [-0.4, -0.2) is 48.9 Å². The lowest BCUT2D eigenvalue weighted by molar-refractivity contribution is 0.0980. The molecule has 2 aromatic rings. The molecule has 4 unspecified atom stereocenters. The fourth-order valence-corrected chi connectivity index (χ4v) is 5.42. The highest BCUT2D eigenvalue weighted by Crippen LogP contribution is 2.40. The van der Waals surface area contributed by atoms with E-state index in [1.165, 1.54) is 44.7 Å². The average molecular weight is 349 g/mol. The van der Waals surface area contributed by atoms with E-state index in [2.05, 4.69) is 33.0 Å². The van der Waals surface area contributed by atoms with E-state index in [4.69, 9.17) is 9.47 Å². The van der Waals surface area contributed by atoms with Gasteiger partial charge in [0.1, 0.15) is 0 Å². The summed E-state index contributed by atoms with van der Waals surface area (Å²) in [5.74, 6) is 3.34. The number of rotatable bonds is 2. The molecule has 0 amide bonds. The molecule has 1 aromatic carbocycles. The van der Waals surface area contributed by atoms with Crippen molar-refractivity contribution in [2.45, 2.75) is 18.9 Å². The third kappa shape index (κ3) is 2.37. The van der Waals surface area contributed by atoms with E-state index < -0.39 is 0 Å². The summed E-state index contributed by atoms with van der Waals surface area (Å²) >= 11 is 0. The van der Waals surface area contributed by atoms with Crippen LogP contribution in [0.3, 0.4) is 0 Å². The van der Waals surface area contributed by atoms with Gasteiger partial charge in [0.2, 0.25) is 6.79 Å². The standard InChI is InChI=1S/C21H23N3O2/c1-2-20-21(26-13-25-20)6-16(1)17-5-18(8-22-7-17)24-11-15-3-14-4-19(24)12-23(9-14)10-15/h1-2,5-8,14-15,19H,3-4,9-13H2. The van der Waals surface area contributed by atoms with Crippen LogP contribution in [0, 0.1) is 11.8 Å². The first-order valence-electron chi connectivity index (χ1n) is 9.66. The molecule has 26 heavy (non-hydrogen) atoms. The number of anilines is 1. The monoisotopic (exact) mass is 349 g/mol. The minimum absolute atomic E-state index is 0.311. The van der Waals surface area contributed by atoms with Gasteiger partial charge >= 0.3 is 0 Å². The van der Waals surface area contributed by atoms with E-state index in [1.807, 2.05) is 18.5 Å². The maximum Gasteiger partial charge on any atom is 0.231 e. The number of pyridine rings is 1. The van der Waals surface area contributed by atoms with E-state index in [1.54, 1.807) is 0 Å². The number of benzene rings is 1. The second kappa shape index (κ2) is 5.61. The highest BCUT2D eigenvalue weighted by atomic mass is 16.7. The third-order valence-electron chi connectivity index (χ3n) is 6.43. The summed E-state index contributed by atoms with van der Waals surface area (Å²) in [4.78, 5) is 9.89. The first-order chi connectivity index (χ1) is 12.8. The Hall–Kier alpha value is -2.27. The summed E-state index contributed by atoms with van der Waals surface area (Å²) in [7, 11) is 0. The van der Waals surface area contributed by atoms with Gasteiger partial charge < -0.3 is 19.3 Å². The van der Waals surface area contributed by atoms with Crippen molar-refractivity contribution in [1.29, 1.82) is 0 Å². The first kappa shape index (κ1) is 14.9. The molecule has 5 nitrogen and oxygen atoms in total. The van der Waals surface area contributed by atoms with Crippen molar-refractivity contribution in [3.05, 3.63) is 36.7 Å². The van der Waals surface area contributed by atoms with E-state index in [9.17, 15) is 0 Å². The van der Waals surface area contributed by atoms with Gasteiger partial charge in [-0.25, -0.2) is 0 Å². The molecule has 7 rings (SSSR count). The van der Waals surface area contributed by atoms with Gasteiger partial charge in [0, 0.05) is 44.0 Å². The van der Waals surface area contributed by atoms with E-state index in [-0.39, 0.29) is 0 Å². The van der Waals surface area contributed by atoms with Gasteiger partial charge in [-0.05, 0) is 48.4 Å². The zero-order valence-electron chi connectivity index (χ0n) is 14.8. The van der Waals surface area contributed by atoms with Gasteiger partial charge in [0.05, 0.1) is 11.9 Å². The largest absolute Gasteiger partial charge is 0.454 e. The summed E-state index contributed by atoms with van der Waals surface area (Å²) < 4.78 is 11.0. The van der Waals surface area contributed by atoms with Crippen molar-refractivity contribution in [3.8, 4) is 22.6 Å². The SMILES string of the molecule is c1cc2c(cc1-c1cncc(N3CC4CC5CC3CN(C5)C4)c1)OCO2. The van der Waals surface area contributed by atoms with Crippen LogP contribution >= 0.6 is 0 Å². The highest BCUT2D eigenvalue weighted by molar-refractivity contribution is 5.70. The minimum atomic E-state index is 0.311. The summed E-state index contributed by atoms with van der Waals surface area (Å²) in [6.07, 6.45) is 6.73. The number of piperidine rings is 2. The predicted molar refractivity (Wildman–Crippen MR) is 99.6 cm³/mol. The van der Waals surface area contributed by atoms with Gasteiger partial charge in [-0.3, -0.25) is 4.98 Å². The topological polar surface area (TPSA) is 37.8 Å². The molecular formula is C21H23N3O2. The van der Waals surface area contributed by atoms with Crippen LogP contribution in [0.15, 0.2) is 36.7 Å². The lowest BCUT2D eigenvalue weighted by atomic mass is 9.84. The van der Waals surface area contributed by atoms with Gasteiger partial charge in [0.25, 0.3) is 0 Å². The molecule has 5 heteroatoms. The smallest absolute Gasteiger partial charge is 0.231 e. The summed E-state index contributed by atoms with van der Waals surface area (Å²) in [5.41, 5.74) is 3.54. The van der Waals surface area contributed by atoms with Gasteiger partial charge in [0.15, 0.2) is 11.5 Å². The highest BCUT2D eigenvalue weighted by Gasteiger charge is 2.41. The van der Waals surface area contributed by atoms with Crippen LogP contribution in [0.1, 0.15) is 12.8 Å². The van der Waals surface area contributed by atoms with Crippen molar-refractivity contribution in [2.24, 2.45) is 11.8 Å². The van der Waals surface area contributed by atoms with Crippen LogP contribution in [-0.2, 0) is 0 Å². The van der Waals surface area contributed by atoms with Crippen LogP contribution in [0.25, 0.3) is 11.1 Å². The predicted octanol–water partition coefficient (Wildman–Crippen LogP) is 3.01. The number of nitrogens with zero attached hydrogens (tertiary/aromatic N) is 3. The molecule has 0 spiro atoms. The van der Waals surface area contributed by atoms with Crippen LogP contribution < -0.4 is 14.4 Å². The van der Waals surface area contributed by atoms with Gasteiger partial charge in [-0.15, -0.1) is 0 Å². The van der Waals surface area contributed by atoms with Crippen molar-refractivity contribution in [3.63, 3.8) is 0 Å². The minimum Gasteiger partial charge on any atom is -0.454 e. The Kier molecular flexibility index (Phi) is 3.21. The molecule has 0 N–H and O–H groups in total. The first-order valence-corrected chi connectivity index (χ1v) is 9.66. The van der Waals surface area contributed by atoms with E-state index in [0.717, 1.165) is 34.5 Å². The van der Waals surface area contributed by atoms with Crippen molar-refractivity contribution < 1.29 is 9.47 Å². The van der Waals surface area contributed by atoms with Crippen molar-refractivity contribution in [2.75, 3.05) is 37.9 Å². The zero-order chi connectivity index (χ0) is 17.1. The number of hydrogen-bond donors (Lipinski definition) is 0. The Morgan fingerprint density at radius 2 is 1.77 bits per heavy atom. The number of hydrogen-bond acceptors (Lipinski definition) is 5. The van der Waals surface area contributed by atoms with Crippen LogP contribution in [0.5, 0.6) is 11.5 Å². The maximum absolute atomic E-state index is 5.54. The quantitative estimate of drug-likeness (QED) is 0.833. The molecule has 0 radical (unpaired) electrons. The van der Waals surface area contributed by atoms with Crippen molar-refractivity contribution >= 4 is 5.69 Å². The maximum atomic E-state index is 5.54. The molecule has 134 valence electrons. The Balaban J connectivity index is 1.35. The number of aromatic nitrogens is 1. The van der Waals surface area contributed by atoms with E-state index in [0.29, 0.717) is 12.8 Å². The molecule has 4 saturated heterocycles. The molecule has 5 aliphatic heterocycles. The number of ether oxygens (including phenoxy) is 2. The van der Waals surface area contributed by atoms with Crippen molar-refractivity contribution in [1.82, 2.24) is 9.88 Å². The molecule has 0 aliphatic carbocycles. The summed E-state index contributed by atoms with van der Waals surface area (Å²) in [5, 5.41) is 0. The van der Waals surface area contributed by atoms with Crippen LogP contribution in [0.2, 0.25) is 0 Å². The van der Waals surface area contributed by atoms with Gasteiger partial charge in [-0.1, -0.05) is 6.07 Å². The number of fused-ring (bicyclic) bond motifs is 2. The summed E-state index contributed by atoms with van der Waals surface area (Å²) in [6, 6.07) is 9.08.